The molecule has 1 radical (unpaired) electrons. The van der Waals surface area contributed by atoms with E-state index in [0.29, 0.717) is 0 Å². The van der Waals surface area contributed by atoms with Gasteiger partial charge in [-0.05, 0) is 0 Å². The van der Waals surface area contributed by atoms with E-state index in [0.717, 1.165) is 0 Å². The fourth-order valence-corrected chi connectivity index (χ4v) is 0.750. The van der Waals surface area contributed by atoms with Crippen LogP contribution in [0.1, 0.15) is 0 Å². The van der Waals surface area contributed by atoms with Crippen LogP contribution < -0.4 is 4.46 Å². The number of rotatable bonds is 0. The fourth-order valence-electron chi connectivity index (χ4n) is 0.420. The van der Waals surface area contributed by atoms with E-state index < -0.39 is 0 Å². The SMILES string of the molecule is I.[Se]c1ccccc1. The normalized spacial score (nSPS) is 7.50. The molecule has 0 amide bonds. The summed E-state index contributed by atoms with van der Waals surface area (Å²) in [5, 5.41) is 0. The molecule has 0 aliphatic carbocycles. The molecule has 43 valence electrons. The van der Waals surface area contributed by atoms with E-state index in [9.17, 15) is 0 Å². The Morgan fingerprint density at radius 2 is 1.50 bits per heavy atom. The van der Waals surface area contributed by atoms with Gasteiger partial charge < -0.3 is 0 Å². The molecular formula is C6H6ISe. The van der Waals surface area contributed by atoms with Crippen LogP contribution in [0.5, 0.6) is 0 Å². The molecule has 0 aliphatic heterocycles. The van der Waals surface area contributed by atoms with Crippen molar-refractivity contribution in [3.8, 4) is 0 Å². The van der Waals surface area contributed by atoms with Crippen LogP contribution in [-0.2, 0) is 0 Å². The average molecular weight is 284 g/mol. The number of hydrogen-bond donors (Lipinski definition) is 0. The summed E-state index contributed by atoms with van der Waals surface area (Å²) in [6.07, 6.45) is 0. The Kier molecular flexibility index (Phi) is 4.61. The van der Waals surface area contributed by atoms with Gasteiger partial charge in [0, 0.05) is 0 Å². The van der Waals surface area contributed by atoms with E-state index in [2.05, 4.69) is 16.0 Å². The van der Waals surface area contributed by atoms with Crippen molar-refractivity contribution in [1.82, 2.24) is 0 Å². The quantitative estimate of drug-likeness (QED) is 0.494. The van der Waals surface area contributed by atoms with Crippen LogP contribution in [0.4, 0.5) is 0 Å². The van der Waals surface area contributed by atoms with Crippen molar-refractivity contribution < 1.29 is 0 Å². The van der Waals surface area contributed by atoms with Crippen LogP contribution in [0.2, 0.25) is 0 Å². The number of hydrogen-bond acceptors (Lipinski definition) is 0. The standard InChI is InChI=1S/C6H5Se.HI/c7-6-4-2-1-3-5-6;/h1-5H;1H. The maximum absolute atomic E-state index is 2.90. The van der Waals surface area contributed by atoms with Crippen molar-refractivity contribution in [3.05, 3.63) is 30.3 Å². The van der Waals surface area contributed by atoms with Gasteiger partial charge in [0.2, 0.25) is 0 Å². The van der Waals surface area contributed by atoms with Crippen molar-refractivity contribution in [2.75, 3.05) is 0 Å². The Morgan fingerprint density at radius 3 is 1.75 bits per heavy atom. The zero-order valence-corrected chi connectivity index (χ0v) is 8.25. The van der Waals surface area contributed by atoms with Crippen LogP contribution in [0.3, 0.4) is 0 Å². The summed E-state index contributed by atoms with van der Waals surface area (Å²) >= 11 is 2.90. The van der Waals surface area contributed by atoms with Gasteiger partial charge in [-0.15, -0.1) is 24.0 Å². The Labute approximate surface area is 74.5 Å². The molecule has 2 heteroatoms. The first kappa shape index (κ1) is 8.47. The van der Waals surface area contributed by atoms with Gasteiger partial charge in [-0.25, -0.2) is 0 Å². The first-order valence-electron chi connectivity index (χ1n) is 2.11. The molecule has 0 bridgehead atoms. The molecule has 0 spiro atoms. The average Bonchev–Trinajstić information content (AvgIpc) is 1.69. The molecule has 1 aromatic carbocycles. The fraction of sp³-hybridized carbons (Fsp3) is 0. The van der Waals surface area contributed by atoms with Crippen LogP contribution in [0.15, 0.2) is 30.3 Å². The second-order valence-corrected chi connectivity index (χ2v) is 2.30. The third-order valence-corrected chi connectivity index (χ3v) is 1.31. The minimum atomic E-state index is 0. The molecular weight excluding hydrogens is 278 g/mol. The van der Waals surface area contributed by atoms with Crippen molar-refractivity contribution in [1.29, 1.82) is 0 Å². The molecule has 0 atom stereocenters. The summed E-state index contributed by atoms with van der Waals surface area (Å²) in [5.41, 5.74) is 0. The Morgan fingerprint density at radius 1 is 1.00 bits per heavy atom. The summed E-state index contributed by atoms with van der Waals surface area (Å²) in [6.45, 7) is 0. The van der Waals surface area contributed by atoms with E-state index in [1.807, 2.05) is 30.3 Å². The van der Waals surface area contributed by atoms with Crippen molar-refractivity contribution in [2.45, 2.75) is 0 Å². The third kappa shape index (κ3) is 2.70. The Balaban J connectivity index is 0.000000490. The van der Waals surface area contributed by atoms with E-state index in [4.69, 9.17) is 0 Å². The summed E-state index contributed by atoms with van der Waals surface area (Å²) in [6, 6.07) is 10.1. The summed E-state index contributed by atoms with van der Waals surface area (Å²) in [7, 11) is 0. The maximum atomic E-state index is 2.90. The summed E-state index contributed by atoms with van der Waals surface area (Å²) < 4.78 is 1.20. The van der Waals surface area contributed by atoms with E-state index in [1.54, 1.807) is 0 Å². The van der Waals surface area contributed by atoms with Gasteiger partial charge in [-0.1, -0.05) is 0 Å². The summed E-state index contributed by atoms with van der Waals surface area (Å²) in [4.78, 5) is 0. The second kappa shape index (κ2) is 4.36. The van der Waals surface area contributed by atoms with Crippen LogP contribution in [0, 0.1) is 0 Å². The van der Waals surface area contributed by atoms with Gasteiger partial charge in [0.25, 0.3) is 0 Å². The van der Waals surface area contributed by atoms with Crippen LogP contribution >= 0.6 is 24.0 Å². The van der Waals surface area contributed by atoms with E-state index in [-0.39, 0.29) is 24.0 Å². The van der Waals surface area contributed by atoms with Crippen LogP contribution in [0.25, 0.3) is 0 Å². The number of benzene rings is 1. The van der Waals surface area contributed by atoms with Crippen molar-refractivity contribution in [3.63, 3.8) is 0 Å². The molecule has 0 saturated carbocycles. The van der Waals surface area contributed by atoms with E-state index in [1.165, 1.54) is 4.46 Å². The molecule has 0 unspecified atom stereocenters. The first-order valence-corrected chi connectivity index (χ1v) is 2.97. The monoisotopic (exact) mass is 285 g/mol. The molecule has 8 heavy (non-hydrogen) atoms. The Hall–Kier alpha value is 0.469. The zero-order valence-electron chi connectivity index (χ0n) is 4.20. The number of halogens is 1. The van der Waals surface area contributed by atoms with Crippen LogP contribution in [-0.4, -0.2) is 16.0 Å². The topological polar surface area (TPSA) is 0 Å². The molecule has 0 aliphatic rings. The molecule has 0 saturated heterocycles. The predicted octanol–water partition coefficient (Wildman–Crippen LogP) is 1.10. The first-order chi connectivity index (χ1) is 3.39. The molecule has 1 aromatic rings. The van der Waals surface area contributed by atoms with Gasteiger partial charge in [-0.2, -0.15) is 0 Å². The minimum absolute atomic E-state index is 0. The van der Waals surface area contributed by atoms with Crippen molar-refractivity contribution >= 4 is 44.5 Å². The van der Waals surface area contributed by atoms with Gasteiger partial charge in [0.1, 0.15) is 0 Å². The molecule has 0 fully saturated rings. The summed E-state index contributed by atoms with van der Waals surface area (Å²) in [5.74, 6) is 0. The van der Waals surface area contributed by atoms with Gasteiger partial charge in [0.05, 0.1) is 0 Å². The predicted molar refractivity (Wildman–Crippen MR) is 47.2 cm³/mol. The molecule has 0 nitrogen and oxygen atoms in total. The van der Waals surface area contributed by atoms with Gasteiger partial charge in [0.15, 0.2) is 0 Å². The zero-order chi connectivity index (χ0) is 5.11. The molecule has 1 rings (SSSR count). The second-order valence-electron chi connectivity index (χ2n) is 1.31. The van der Waals surface area contributed by atoms with Gasteiger partial charge in [-0.3, -0.25) is 0 Å². The van der Waals surface area contributed by atoms with Gasteiger partial charge >= 0.3 is 50.8 Å². The third-order valence-electron chi connectivity index (χ3n) is 0.743. The Bertz CT molecular complexity index is 138. The van der Waals surface area contributed by atoms with E-state index >= 15 is 0 Å². The molecule has 0 aromatic heterocycles. The molecule has 0 heterocycles. The molecule has 0 N–H and O–H groups in total. The van der Waals surface area contributed by atoms with Crippen molar-refractivity contribution in [2.24, 2.45) is 0 Å².